The molecule has 0 unspecified atom stereocenters. The lowest BCUT2D eigenvalue weighted by atomic mass is 10.2. The minimum absolute atomic E-state index is 0.138. The van der Waals surface area contributed by atoms with E-state index >= 15 is 0 Å². The van der Waals surface area contributed by atoms with E-state index in [4.69, 9.17) is 5.26 Å². The summed E-state index contributed by atoms with van der Waals surface area (Å²) in [6.45, 7) is 1.98. The summed E-state index contributed by atoms with van der Waals surface area (Å²) in [7, 11) is 0. The second kappa shape index (κ2) is 5.52. The first-order valence-corrected chi connectivity index (χ1v) is 5.35. The van der Waals surface area contributed by atoms with Gasteiger partial charge in [0.05, 0.1) is 11.8 Å². The fourth-order valence-electron chi connectivity index (χ4n) is 1.10. The SMILES string of the molecule is Cc1ccc(NC(=O)CCC#N)c(Br)c1. The molecule has 1 N–H and O–H groups in total. The van der Waals surface area contributed by atoms with Gasteiger partial charge in [-0.15, -0.1) is 0 Å². The van der Waals surface area contributed by atoms with Crippen molar-refractivity contribution in [3.05, 3.63) is 28.2 Å². The Hall–Kier alpha value is -1.34. The molecule has 0 aliphatic rings. The van der Waals surface area contributed by atoms with Crippen LogP contribution in [-0.4, -0.2) is 5.91 Å². The second-order valence-electron chi connectivity index (χ2n) is 3.19. The number of nitrogens with one attached hydrogen (secondary N) is 1. The molecule has 0 radical (unpaired) electrons. The van der Waals surface area contributed by atoms with E-state index in [0.717, 1.165) is 15.7 Å². The molecule has 4 heteroatoms. The Balaban J connectivity index is 2.65. The van der Waals surface area contributed by atoms with Crippen molar-refractivity contribution >= 4 is 27.5 Å². The van der Waals surface area contributed by atoms with Crippen molar-refractivity contribution in [3.63, 3.8) is 0 Å². The van der Waals surface area contributed by atoms with Gasteiger partial charge in [-0.25, -0.2) is 0 Å². The van der Waals surface area contributed by atoms with Crippen molar-refractivity contribution in [1.29, 1.82) is 5.26 Å². The quantitative estimate of drug-likeness (QED) is 0.915. The van der Waals surface area contributed by atoms with Gasteiger partial charge in [0.25, 0.3) is 0 Å². The molecule has 0 fully saturated rings. The van der Waals surface area contributed by atoms with Crippen molar-refractivity contribution in [3.8, 4) is 6.07 Å². The number of amides is 1. The zero-order valence-electron chi connectivity index (χ0n) is 8.38. The van der Waals surface area contributed by atoms with Crippen LogP contribution in [0, 0.1) is 18.3 Å². The molecule has 1 rings (SSSR count). The fourth-order valence-corrected chi connectivity index (χ4v) is 1.70. The molecule has 0 aromatic heterocycles. The van der Waals surface area contributed by atoms with Gasteiger partial charge in [0.1, 0.15) is 0 Å². The smallest absolute Gasteiger partial charge is 0.225 e. The molecule has 0 aliphatic carbocycles. The van der Waals surface area contributed by atoms with Crippen LogP contribution < -0.4 is 5.32 Å². The van der Waals surface area contributed by atoms with Gasteiger partial charge in [0.15, 0.2) is 0 Å². The van der Waals surface area contributed by atoms with Gasteiger partial charge in [0, 0.05) is 17.3 Å². The van der Waals surface area contributed by atoms with Gasteiger partial charge in [-0.05, 0) is 40.5 Å². The summed E-state index contributed by atoms with van der Waals surface area (Å²) in [6.07, 6.45) is 0.478. The molecule has 0 atom stereocenters. The number of benzene rings is 1. The molecule has 0 aliphatic heterocycles. The molecule has 3 nitrogen and oxygen atoms in total. The molecule has 0 bridgehead atoms. The lowest BCUT2D eigenvalue weighted by molar-refractivity contribution is -0.116. The number of halogens is 1. The highest BCUT2D eigenvalue weighted by Gasteiger charge is 2.04. The van der Waals surface area contributed by atoms with Crippen LogP contribution in [0.3, 0.4) is 0 Å². The van der Waals surface area contributed by atoms with E-state index in [0.29, 0.717) is 0 Å². The topological polar surface area (TPSA) is 52.9 Å². The minimum Gasteiger partial charge on any atom is -0.325 e. The maximum atomic E-state index is 11.3. The summed E-state index contributed by atoms with van der Waals surface area (Å²) in [5.74, 6) is -0.138. The van der Waals surface area contributed by atoms with E-state index in [1.807, 2.05) is 31.2 Å². The third kappa shape index (κ3) is 3.72. The van der Waals surface area contributed by atoms with Crippen LogP contribution in [-0.2, 0) is 4.79 Å². The number of rotatable bonds is 3. The number of carbonyl (C=O) groups is 1. The Morgan fingerprint density at radius 2 is 2.33 bits per heavy atom. The Kier molecular flexibility index (Phi) is 4.32. The highest BCUT2D eigenvalue weighted by Crippen LogP contribution is 2.23. The lowest BCUT2D eigenvalue weighted by Gasteiger charge is -2.06. The van der Waals surface area contributed by atoms with Crippen molar-refractivity contribution in [2.75, 3.05) is 5.32 Å². The van der Waals surface area contributed by atoms with E-state index in [-0.39, 0.29) is 18.7 Å². The lowest BCUT2D eigenvalue weighted by Crippen LogP contribution is -2.11. The van der Waals surface area contributed by atoms with Gasteiger partial charge in [-0.1, -0.05) is 6.07 Å². The molecule has 0 saturated heterocycles. The Labute approximate surface area is 97.2 Å². The maximum Gasteiger partial charge on any atom is 0.225 e. The molecule has 1 aromatic carbocycles. The van der Waals surface area contributed by atoms with Gasteiger partial charge < -0.3 is 5.32 Å². The van der Waals surface area contributed by atoms with Crippen LogP contribution in [0.2, 0.25) is 0 Å². The van der Waals surface area contributed by atoms with Gasteiger partial charge in [-0.2, -0.15) is 5.26 Å². The highest BCUT2D eigenvalue weighted by molar-refractivity contribution is 9.10. The number of anilines is 1. The van der Waals surface area contributed by atoms with E-state index in [9.17, 15) is 4.79 Å². The van der Waals surface area contributed by atoms with Crippen molar-refractivity contribution in [1.82, 2.24) is 0 Å². The average Bonchev–Trinajstić information content (AvgIpc) is 2.19. The second-order valence-corrected chi connectivity index (χ2v) is 4.04. The zero-order chi connectivity index (χ0) is 11.3. The number of aryl methyl sites for hydroxylation is 1. The van der Waals surface area contributed by atoms with Gasteiger partial charge in [-0.3, -0.25) is 4.79 Å². The summed E-state index contributed by atoms with van der Waals surface area (Å²) >= 11 is 3.36. The number of nitrogens with zero attached hydrogens (tertiary/aromatic N) is 1. The molecule has 1 aromatic rings. The molecule has 0 heterocycles. The van der Waals surface area contributed by atoms with Gasteiger partial charge in [0.2, 0.25) is 5.91 Å². The third-order valence-corrected chi connectivity index (χ3v) is 2.52. The first-order valence-electron chi connectivity index (χ1n) is 4.56. The number of carbonyl (C=O) groups excluding carboxylic acids is 1. The molecule has 78 valence electrons. The molecular weight excluding hydrogens is 256 g/mol. The molecule has 0 saturated carbocycles. The van der Waals surface area contributed by atoms with E-state index < -0.39 is 0 Å². The first kappa shape index (κ1) is 11.7. The van der Waals surface area contributed by atoms with Crippen molar-refractivity contribution in [2.45, 2.75) is 19.8 Å². The van der Waals surface area contributed by atoms with Crippen LogP contribution in [0.5, 0.6) is 0 Å². The predicted octanol–water partition coefficient (Wildman–Crippen LogP) is 3.00. The van der Waals surface area contributed by atoms with E-state index in [1.54, 1.807) is 0 Å². The minimum atomic E-state index is -0.138. The van der Waals surface area contributed by atoms with Gasteiger partial charge >= 0.3 is 0 Å². The largest absolute Gasteiger partial charge is 0.325 e. The summed E-state index contributed by atoms with van der Waals surface area (Å²) in [6, 6.07) is 7.62. The molecular formula is C11H11BrN2O. The zero-order valence-corrected chi connectivity index (χ0v) is 9.97. The summed E-state index contributed by atoms with van der Waals surface area (Å²) in [4.78, 5) is 11.3. The van der Waals surface area contributed by atoms with Crippen LogP contribution in [0.25, 0.3) is 0 Å². The van der Waals surface area contributed by atoms with E-state index in [2.05, 4.69) is 21.2 Å². The van der Waals surface area contributed by atoms with Crippen LogP contribution >= 0.6 is 15.9 Å². The van der Waals surface area contributed by atoms with Crippen molar-refractivity contribution in [2.24, 2.45) is 0 Å². The first-order chi connectivity index (χ1) is 7.13. The highest BCUT2D eigenvalue weighted by atomic mass is 79.9. The Bertz CT molecular complexity index is 410. The van der Waals surface area contributed by atoms with Crippen LogP contribution in [0.1, 0.15) is 18.4 Å². The number of hydrogen-bond donors (Lipinski definition) is 1. The number of hydrogen-bond acceptors (Lipinski definition) is 2. The monoisotopic (exact) mass is 266 g/mol. The fraction of sp³-hybridized carbons (Fsp3) is 0.273. The summed E-state index contributed by atoms with van der Waals surface area (Å²) in [5, 5.41) is 11.1. The third-order valence-electron chi connectivity index (χ3n) is 1.86. The maximum absolute atomic E-state index is 11.3. The van der Waals surface area contributed by atoms with Crippen LogP contribution in [0.4, 0.5) is 5.69 Å². The summed E-state index contributed by atoms with van der Waals surface area (Å²) in [5.41, 5.74) is 1.86. The molecule has 1 amide bonds. The summed E-state index contributed by atoms with van der Waals surface area (Å²) < 4.78 is 0.854. The normalized spacial score (nSPS) is 9.40. The van der Waals surface area contributed by atoms with Crippen molar-refractivity contribution < 1.29 is 4.79 Å². The predicted molar refractivity (Wildman–Crippen MR) is 62.4 cm³/mol. The standard InChI is InChI=1S/C11H11BrN2O/c1-8-4-5-10(9(12)7-8)14-11(15)3-2-6-13/h4-5,7H,2-3H2,1H3,(H,14,15). The Morgan fingerprint density at radius 3 is 2.93 bits per heavy atom. The molecule has 0 spiro atoms. The molecule has 15 heavy (non-hydrogen) atoms. The number of nitriles is 1. The average molecular weight is 267 g/mol. The van der Waals surface area contributed by atoms with E-state index in [1.165, 1.54) is 0 Å². The van der Waals surface area contributed by atoms with Crippen LogP contribution in [0.15, 0.2) is 22.7 Å². The Morgan fingerprint density at radius 1 is 1.60 bits per heavy atom.